The number of rotatable bonds is 5. The van der Waals surface area contributed by atoms with Crippen LogP contribution in [0.2, 0.25) is 0 Å². The average Bonchev–Trinajstić information content (AvgIpc) is 2.15. The zero-order valence-corrected chi connectivity index (χ0v) is 9.56. The van der Waals surface area contributed by atoms with Crippen LogP contribution in [0, 0.1) is 5.92 Å². The Kier molecular flexibility index (Phi) is 4.93. The lowest BCUT2D eigenvalue weighted by molar-refractivity contribution is -0.112. The maximum absolute atomic E-state index is 12.2. The predicted octanol–water partition coefficient (Wildman–Crippen LogP) is 2.44. The van der Waals surface area contributed by atoms with Crippen LogP contribution < -0.4 is 5.32 Å². The molecule has 0 aromatic carbocycles. The van der Waals surface area contributed by atoms with Crippen molar-refractivity contribution in [2.75, 3.05) is 20.2 Å². The Morgan fingerprint density at radius 1 is 1.53 bits per heavy atom. The second-order valence-corrected chi connectivity index (χ2v) is 4.62. The van der Waals surface area contributed by atoms with Gasteiger partial charge in [-0.3, -0.25) is 0 Å². The highest BCUT2D eigenvalue weighted by Gasteiger charge is 2.35. The van der Waals surface area contributed by atoms with E-state index in [0.717, 1.165) is 19.3 Å². The summed E-state index contributed by atoms with van der Waals surface area (Å²) >= 11 is 0. The van der Waals surface area contributed by atoms with E-state index >= 15 is 0 Å². The highest BCUT2D eigenvalue weighted by molar-refractivity contribution is 4.88. The summed E-state index contributed by atoms with van der Waals surface area (Å²) in [5.74, 6) is 0.574. The first-order chi connectivity index (χ1) is 7.08. The Bertz CT molecular complexity index is 185. The lowest BCUT2D eigenvalue weighted by Gasteiger charge is -2.39. The van der Waals surface area contributed by atoms with Crippen molar-refractivity contribution in [3.05, 3.63) is 0 Å². The number of halogens is 2. The number of hydrogen-bond acceptors (Lipinski definition) is 2. The summed E-state index contributed by atoms with van der Waals surface area (Å²) in [5.41, 5.74) is -0.358. The third-order valence-electron chi connectivity index (χ3n) is 3.06. The molecule has 1 aliphatic rings. The molecule has 2 nitrogen and oxygen atoms in total. The first-order valence-corrected chi connectivity index (χ1v) is 5.65. The van der Waals surface area contributed by atoms with Gasteiger partial charge in [0.05, 0.1) is 5.60 Å². The van der Waals surface area contributed by atoms with Gasteiger partial charge in [0.15, 0.2) is 0 Å². The van der Waals surface area contributed by atoms with Crippen LogP contribution in [0.25, 0.3) is 0 Å². The molecule has 0 aromatic rings. The monoisotopic (exact) mass is 221 g/mol. The van der Waals surface area contributed by atoms with Crippen LogP contribution in [0.3, 0.4) is 0 Å². The van der Waals surface area contributed by atoms with Gasteiger partial charge in [-0.25, -0.2) is 8.78 Å². The molecule has 1 N–H and O–H groups in total. The standard InChI is InChI=1S/C11H21F2NO/c1-9-4-3-5-11(6-9,8-14-2)15-7-10(12)13/h9-10,14H,3-8H2,1-2H3. The van der Waals surface area contributed by atoms with Crippen molar-refractivity contribution in [3.63, 3.8) is 0 Å². The number of ether oxygens (including phenoxy) is 1. The Balaban J connectivity index is 2.52. The predicted molar refractivity (Wildman–Crippen MR) is 56.2 cm³/mol. The van der Waals surface area contributed by atoms with Gasteiger partial charge in [-0.2, -0.15) is 0 Å². The van der Waals surface area contributed by atoms with Gasteiger partial charge < -0.3 is 10.1 Å². The number of alkyl halides is 2. The summed E-state index contributed by atoms with van der Waals surface area (Å²) < 4.78 is 29.7. The molecule has 0 aliphatic heterocycles. The molecule has 0 radical (unpaired) electrons. The Morgan fingerprint density at radius 3 is 2.80 bits per heavy atom. The van der Waals surface area contributed by atoms with Gasteiger partial charge in [-0.15, -0.1) is 0 Å². The van der Waals surface area contributed by atoms with Crippen molar-refractivity contribution in [2.24, 2.45) is 5.92 Å². The lowest BCUT2D eigenvalue weighted by atomic mass is 9.78. The Morgan fingerprint density at radius 2 is 2.27 bits per heavy atom. The molecule has 0 aromatic heterocycles. The molecule has 4 heteroatoms. The summed E-state index contributed by atoms with van der Waals surface area (Å²) in [7, 11) is 1.84. The normalized spacial score (nSPS) is 32.2. The lowest BCUT2D eigenvalue weighted by Crippen LogP contribution is -2.46. The van der Waals surface area contributed by atoms with E-state index < -0.39 is 13.0 Å². The molecule has 1 rings (SSSR count). The van der Waals surface area contributed by atoms with E-state index in [1.165, 1.54) is 6.42 Å². The average molecular weight is 221 g/mol. The van der Waals surface area contributed by atoms with Crippen LogP contribution in [-0.4, -0.2) is 32.2 Å². The van der Waals surface area contributed by atoms with Gasteiger partial charge in [-0.1, -0.05) is 19.8 Å². The molecule has 1 aliphatic carbocycles. The Hall–Kier alpha value is -0.220. The zero-order valence-electron chi connectivity index (χ0n) is 9.56. The van der Waals surface area contributed by atoms with Gasteiger partial charge in [0.25, 0.3) is 6.43 Å². The van der Waals surface area contributed by atoms with Gasteiger partial charge in [0.2, 0.25) is 0 Å². The first kappa shape index (κ1) is 12.8. The Labute approximate surface area is 90.4 Å². The number of nitrogens with one attached hydrogen (secondary N) is 1. The molecule has 2 unspecified atom stereocenters. The fourth-order valence-corrected chi connectivity index (χ4v) is 2.52. The third-order valence-corrected chi connectivity index (χ3v) is 3.06. The molecule has 1 saturated carbocycles. The summed E-state index contributed by atoms with van der Waals surface area (Å²) in [6.07, 6.45) is 1.68. The van der Waals surface area contributed by atoms with Gasteiger partial charge in [0, 0.05) is 6.54 Å². The largest absolute Gasteiger partial charge is 0.368 e. The van der Waals surface area contributed by atoms with E-state index in [9.17, 15) is 8.78 Å². The molecule has 1 fully saturated rings. The maximum atomic E-state index is 12.2. The zero-order chi connectivity index (χ0) is 11.3. The van der Waals surface area contributed by atoms with Crippen molar-refractivity contribution in [1.29, 1.82) is 0 Å². The fraction of sp³-hybridized carbons (Fsp3) is 1.00. The van der Waals surface area contributed by atoms with Gasteiger partial charge >= 0.3 is 0 Å². The van der Waals surface area contributed by atoms with Crippen molar-refractivity contribution in [3.8, 4) is 0 Å². The van der Waals surface area contributed by atoms with Crippen molar-refractivity contribution >= 4 is 0 Å². The van der Waals surface area contributed by atoms with Crippen LogP contribution in [0.4, 0.5) is 8.78 Å². The van der Waals surface area contributed by atoms with E-state index in [0.29, 0.717) is 12.5 Å². The molecule has 2 atom stereocenters. The number of hydrogen-bond donors (Lipinski definition) is 1. The molecule has 0 heterocycles. The highest BCUT2D eigenvalue weighted by Crippen LogP contribution is 2.35. The van der Waals surface area contributed by atoms with Gasteiger partial charge in [0.1, 0.15) is 6.61 Å². The third kappa shape index (κ3) is 4.03. The summed E-state index contributed by atoms with van der Waals surface area (Å²) in [6, 6.07) is 0. The van der Waals surface area contributed by atoms with Crippen LogP contribution in [0.1, 0.15) is 32.6 Å². The van der Waals surface area contributed by atoms with E-state index in [4.69, 9.17) is 4.74 Å². The van der Waals surface area contributed by atoms with E-state index in [2.05, 4.69) is 12.2 Å². The molecule has 90 valence electrons. The first-order valence-electron chi connectivity index (χ1n) is 5.65. The molecule has 0 amide bonds. The van der Waals surface area contributed by atoms with E-state index in [1.54, 1.807) is 0 Å². The summed E-state index contributed by atoms with van der Waals surface area (Å²) in [5, 5.41) is 3.05. The second kappa shape index (κ2) is 5.75. The van der Waals surface area contributed by atoms with Gasteiger partial charge in [-0.05, 0) is 25.8 Å². The fourth-order valence-electron chi connectivity index (χ4n) is 2.52. The van der Waals surface area contributed by atoms with Crippen molar-refractivity contribution < 1.29 is 13.5 Å². The second-order valence-electron chi connectivity index (χ2n) is 4.62. The molecular formula is C11H21F2NO. The SMILES string of the molecule is CNCC1(OCC(F)F)CCCC(C)C1. The molecular weight excluding hydrogens is 200 g/mol. The highest BCUT2D eigenvalue weighted by atomic mass is 19.3. The van der Waals surface area contributed by atoms with Crippen molar-refractivity contribution in [2.45, 2.75) is 44.6 Å². The topological polar surface area (TPSA) is 21.3 Å². The minimum Gasteiger partial charge on any atom is -0.368 e. The smallest absolute Gasteiger partial charge is 0.261 e. The van der Waals surface area contributed by atoms with Crippen LogP contribution >= 0.6 is 0 Å². The number of likely N-dealkylation sites (N-methyl/N-ethyl adjacent to an activating group) is 1. The maximum Gasteiger partial charge on any atom is 0.261 e. The molecule has 0 bridgehead atoms. The van der Waals surface area contributed by atoms with Crippen LogP contribution in [-0.2, 0) is 4.74 Å². The van der Waals surface area contributed by atoms with Crippen LogP contribution in [0.5, 0.6) is 0 Å². The van der Waals surface area contributed by atoms with E-state index in [-0.39, 0.29) is 5.60 Å². The minimum atomic E-state index is -2.36. The van der Waals surface area contributed by atoms with E-state index in [1.807, 2.05) is 7.05 Å². The summed E-state index contributed by atoms with van der Waals surface area (Å²) in [4.78, 5) is 0. The van der Waals surface area contributed by atoms with Crippen molar-refractivity contribution in [1.82, 2.24) is 5.32 Å². The minimum absolute atomic E-state index is 0.358. The molecule has 0 saturated heterocycles. The summed E-state index contributed by atoms with van der Waals surface area (Å²) in [6.45, 7) is 2.40. The van der Waals surface area contributed by atoms with Crippen LogP contribution in [0.15, 0.2) is 0 Å². The molecule has 15 heavy (non-hydrogen) atoms. The quantitative estimate of drug-likeness (QED) is 0.770. The molecule has 0 spiro atoms.